The number of fused-ring (bicyclic) bond motifs is 6. The van der Waals surface area contributed by atoms with Crippen molar-refractivity contribution in [1.29, 1.82) is 0 Å². The summed E-state index contributed by atoms with van der Waals surface area (Å²) in [4.78, 5) is 17.4. The summed E-state index contributed by atoms with van der Waals surface area (Å²) in [7, 11) is 0. The van der Waals surface area contributed by atoms with Crippen LogP contribution in [-0.2, 0) is 6.42 Å². The number of rotatable bonds is 5. The first-order valence-electron chi connectivity index (χ1n) is 15.2. The van der Waals surface area contributed by atoms with Crippen molar-refractivity contribution in [2.24, 2.45) is 0 Å². The Morgan fingerprint density at radius 2 is 1.46 bits per heavy atom. The van der Waals surface area contributed by atoms with E-state index in [0.717, 1.165) is 22.7 Å². The third-order valence-electron chi connectivity index (χ3n) is 8.88. The van der Waals surface area contributed by atoms with E-state index in [9.17, 15) is 0 Å². The van der Waals surface area contributed by atoms with Gasteiger partial charge in [-0.2, -0.15) is 0 Å². The summed E-state index contributed by atoms with van der Waals surface area (Å²) in [5.74, 6) is 2.34. The van der Waals surface area contributed by atoms with E-state index in [1.165, 1.54) is 83.9 Å². The number of benzene rings is 3. The molecule has 4 heteroatoms. The summed E-state index contributed by atoms with van der Waals surface area (Å²) in [5.41, 5.74) is 5.61. The fraction of sp³-hybridized carbons (Fsp3) is 0.297. The molecule has 1 saturated carbocycles. The molecule has 0 spiro atoms. The standard InChI is InChI=1S/C29H30N2.C8H6N2/c1-2-3-7-19-8-6-11-23-22(19)14-15-26-24-9-4-5-10-25(24)27(16-28(23)26)21-17-30-29(31-18-21)20-12-13-20;1-3-9-5-8-6-10-4-2-7(1)8/h4-5,9-10,14-20H,2-3,6-8,11-13H2,1H3;1-6H. The van der Waals surface area contributed by atoms with Gasteiger partial charge in [-0.3, -0.25) is 9.97 Å². The first kappa shape index (κ1) is 25.8. The van der Waals surface area contributed by atoms with Crippen LogP contribution in [0.15, 0.2) is 91.8 Å². The fourth-order valence-electron chi connectivity index (χ4n) is 6.54. The number of hydrogen-bond donors (Lipinski definition) is 0. The molecular weight excluding hydrogens is 500 g/mol. The predicted molar refractivity (Wildman–Crippen MR) is 169 cm³/mol. The lowest BCUT2D eigenvalue weighted by atomic mass is 9.77. The predicted octanol–water partition coefficient (Wildman–Crippen LogP) is 9.57. The van der Waals surface area contributed by atoms with E-state index in [-0.39, 0.29) is 0 Å². The molecule has 3 aromatic heterocycles. The van der Waals surface area contributed by atoms with Crippen molar-refractivity contribution in [2.45, 2.75) is 70.1 Å². The summed E-state index contributed by atoms with van der Waals surface area (Å²) in [6.45, 7) is 2.30. The maximum absolute atomic E-state index is 4.73. The third-order valence-corrected chi connectivity index (χ3v) is 8.88. The monoisotopic (exact) mass is 536 g/mol. The molecule has 1 fully saturated rings. The molecule has 204 valence electrons. The lowest BCUT2D eigenvalue weighted by Crippen LogP contribution is -2.10. The van der Waals surface area contributed by atoms with Gasteiger partial charge in [0.2, 0.25) is 0 Å². The van der Waals surface area contributed by atoms with Gasteiger partial charge in [-0.15, -0.1) is 0 Å². The molecule has 0 aliphatic heterocycles. The summed E-state index contributed by atoms with van der Waals surface area (Å²) in [5, 5.41) is 7.76. The molecule has 1 unspecified atom stereocenters. The molecule has 1 atom stereocenters. The minimum atomic E-state index is 0.592. The quantitative estimate of drug-likeness (QED) is 0.206. The Balaban J connectivity index is 0.000000232. The lowest BCUT2D eigenvalue weighted by Gasteiger charge is -2.27. The zero-order chi connectivity index (χ0) is 27.6. The van der Waals surface area contributed by atoms with E-state index in [1.807, 2.05) is 36.9 Å². The average Bonchev–Trinajstić information content (AvgIpc) is 3.89. The summed E-state index contributed by atoms with van der Waals surface area (Å²) in [6.07, 6.45) is 21.5. The second-order valence-corrected chi connectivity index (χ2v) is 11.6. The van der Waals surface area contributed by atoms with E-state index in [4.69, 9.17) is 9.97 Å². The highest BCUT2D eigenvalue weighted by atomic mass is 14.9. The summed E-state index contributed by atoms with van der Waals surface area (Å²) < 4.78 is 0. The van der Waals surface area contributed by atoms with Gasteiger partial charge >= 0.3 is 0 Å². The van der Waals surface area contributed by atoms with Crippen molar-refractivity contribution in [1.82, 2.24) is 19.9 Å². The summed E-state index contributed by atoms with van der Waals surface area (Å²) >= 11 is 0. The van der Waals surface area contributed by atoms with E-state index >= 15 is 0 Å². The van der Waals surface area contributed by atoms with Crippen LogP contribution < -0.4 is 0 Å². The SMILES string of the molecule is CCCCC1CCCc2c1ccc1c2cc(-c2cnc(C3CC3)nc2)c2ccccc21.c1cc2ccncc2cn1. The van der Waals surface area contributed by atoms with E-state index in [2.05, 4.69) is 59.4 Å². The van der Waals surface area contributed by atoms with Gasteiger partial charge in [-0.05, 0) is 106 Å². The number of pyridine rings is 2. The highest BCUT2D eigenvalue weighted by molar-refractivity contribution is 6.14. The Labute approximate surface area is 241 Å². The Bertz CT molecular complexity index is 1760. The molecule has 0 bridgehead atoms. The molecule has 2 aliphatic carbocycles. The minimum absolute atomic E-state index is 0.592. The molecule has 0 saturated heterocycles. The second-order valence-electron chi connectivity index (χ2n) is 11.6. The van der Waals surface area contributed by atoms with Crippen molar-refractivity contribution in [3.05, 3.63) is 109 Å². The van der Waals surface area contributed by atoms with Gasteiger partial charge in [0, 0.05) is 54.0 Å². The van der Waals surface area contributed by atoms with Crippen LogP contribution in [-0.4, -0.2) is 19.9 Å². The maximum atomic E-state index is 4.73. The van der Waals surface area contributed by atoms with Crippen LogP contribution in [0.2, 0.25) is 0 Å². The van der Waals surface area contributed by atoms with Crippen molar-refractivity contribution < 1.29 is 0 Å². The number of aryl methyl sites for hydroxylation is 1. The largest absolute Gasteiger partial charge is 0.264 e. The molecular formula is C37H36N4. The van der Waals surface area contributed by atoms with E-state index < -0.39 is 0 Å². The molecule has 8 rings (SSSR count). The minimum Gasteiger partial charge on any atom is -0.264 e. The average molecular weight is 537 g/mol. The topological polar surface area (TPSA) is 51.6 Å². The van der Waals surface area contributed by atoms with Gasteiger partial charge < -0.3 is 0 Å². The van der Waals surface area contributed by atoms with Gasteiger partial charge in [-0.1, -0.05) is 56.2 Å². The van der Waals surface area contributed by atoms with Crippen LogP contribution in [0.1, 0.15) is 80.7 Å². The molecule has 6 aromatic rings. The van der Waals surface area contributed by atoms with Crippen molar-refractivity contribution in [2.75, 3.05) is 0 Å². The molecule has 3 aromatic carbocycles. The number of aromatic nitrogens is 4. The van der Waals surface area contributed by atoms with Gasteiger partial charge in [0.25, 0.3) is 0 Å². The first-order valence-corrected chi connectivity index (χ1v) is 15.2. The lowest BCUT2D eigenvalue weighted by molar-refractivity contribution is 0.503. The second kappa shape index (κ2) is 11.4. The summed E-state index contributed by atoms with van der Waals surface area (Å²) in [6, 6.07) is 20.1. The van der Waals surface area contributed by atoms with Crippen LogP contribution in [0, 0.1) is 0 Å². The van der Waals surface area contributed by atoms with Gasteiger partial charge in [-0.25, -0.2) is 9.97 Å². The molecule has 2 aliphatic rings. The van der Waals surface area contributed by atoms with Crippen molar-refractivity contribution >= 4 is 32.3 Å². The zero-order valence-corrected chi connectivity index (χ0v) is 23.8. The number of nitrogens with zero attached hydrogens (tertiary/aromatic N) is 4. The fourth-order valence-corrected chi connectivity index (χ4v) is 6.54. The zero-order valence-electron chi connectivity index (χ0n) is 23.8. The molecule has 41 heavy (non-hydrogen) atoms. The Kier molecular flexibility index (Phi) is 7.14. The molecule has 4 nitrogen and oxygen atoms in total. The Morgan fingerprint density at radius 3 is 2.17 bits per heavy atom. The Morgan fingerprint density at radius 1 is 0.732 bits per heavy atom. The van der Waals surface area contributed by atoms with Gasteiger partial charge in [0.15, 0.2) is 0 Å². The van der Waals surface area contributed by atoms with Crippen LogP contribution in [0.5, 0.6) is 0 Å². The van der Waals surface area contributed by atoms with E-state index in [0.29, 0.717) is 5.92 Å². The molecule has 0 amide bonds. The highest BCUT2D eigenvalue weighted by Crippen LogP contribution is 2.43. The van der Waals surface area contributed by atoms with E-state index in [1.54, 1.807) is 23.5 Å². The first-order chi connectivity index (χ1) is 20.3. The highest BCUT2D eigenvalue weighted by Gasteiger charge is 2.26. The Hall–Kier alpha value is -4.18. The molecule has 3 heterocycles. The number of hydrogen-bond acceptors (Lipinski definition) is 4. The molecule has 0 N–H and O–H groups in total. The van der Waals surface area contributed by atoms with Gasteiger partial charge in [0.1, 0.15) is 5.82 Å². The van der Waals surface area contributed by atoms with Crippen LogP contribution in [0.3, 0.4) is 0 Å². The number of unbranched alkanes of at least 4 members (excludes halogenated alkanes) is 1. The molecule has 0 radical (unpaired) electrons. The van der Waals surface area contributed by atoms with Crippen molar-refractivity contribution in [3.63, 3.8) is 0 Å². The smallest absolute Gasteiger partial charge is 0.131 e. The normalized spacial score (nSPS) is 16.4. The third kappa shape index (κ3) is 5.19. The van der Waals surface area contributed by atoms with Crippen molar-refractivity contribution in [3.8, 4) is 11.1 Å². The van der Waals surface area contributed by atoms with Gasteiger partial charge in [0.05, 0.1) is 0 Å². The maximum Gasteiger partial charge on any atom is 0.131 e. The van der Waals surface area contributed by atoms with Crippen LogP contribution >= 0.6 is 0 Å². The van der Waals surface area contributed by atoms with Crippen LogP contribution in [0.25, 0.3) is 43.4 Å². The van der Waals surface area contributed by atoms with Crippen LogP contribution in [0.4, 0.5) is 0 Å².